The monoisotopic (exact) mass is 303 g/mol. The summed E-state index contributed by atoms with van der Waals surface area (Å²) in [7, 11) is -4.04. The average molecular weight is 303 g/mol. The highest BCUT2D eigenvalue weighted by atomic mass is 32.2. The van der Waals surface area contributed by atoms with E-state index in [-0.39, 0.29) is 4.90 Å². The molecule has 1 atom stereocenters. The number of hydrogen-bond donors (Lipinski definition) is 3. The van der Waals surface area contributed by atoms with Crippen LogP contribution in [0.4, 0.5) is 0 Å². The van der Waals surface area contributed by atoms with E-state index < -0.39 is 34.4 Å². The number of nitrogens with one attached hydrogen (secondary N) is 1. The minimum Gasteiger partial charge on any atom is -0.481 e. The van der Waals surface area contributed by atoms with E-state index in [1.165, 1.54) is 24.3 Å². The Hall–Kier alpha value is -1.93. The Bertz CT molecular complexity index is 540. The molecule has 20 heavy (non-hydrogen) atoms. The van der Waals surface area contributed by atoms with E-state index in [4.69, 9.17) is 10.2 Å². The molecule has 0 saturated heterocycles. The minimum absolute atomic E-state index is 0.123. The van der Waals surface area contributed by atoms with Crippen molar-refractivity contribution in [2.45, 2.75) is 31.2 Å². The van der Waals surface area contributed by atoms with Crippen LogP contribution >= 0.6 is 0 Å². The number of carboxylic acid groups (broad SMARTS) is 2. The Morgan fingerprint density at radius 1 is 1.15 bits per heavy atom. The molecular formula is C12H17NO6S. The lowest BCUT2D eigenvalue weighted by molar-refractivity contribution is -0.145. The van der Waals surface area contributed by atoms with E-state index in [9.17, 15) is 18.0 Å². The molecule has 0 aliphatic carbocycles. The molecule has 1 unspecified atom stereocenters. The Morgan fingerprint density at radius 2 is 1.65 bits per heavy atom. The highest BCUT2D eigenvalue weighted by molar-refractivity contribution is 7.89. The van der Waals surface area contributed by atoms with Crippen LogP contribution in [-0.2, 0) is 19.6 Å². The molecule has 112 valence electrons. The number of carboxylic acids is 2. The van der Waals surface area contributed by atoms with Crippen LogP contribution in [0.2, 0.25) is 0 Å². The standard InChI is InChI=1S/C10H11NO6S.C2H6/c12-9(13)6-8(10(14)15)11-18(16,17)7-4-2-1-3-5-7;1-2/h1-5,8,11H,6H2,(H,12,13)(H,14,15);1-2H3. The second kappa shape index (κ2) is 8.28. The zero-order chi connectivity index (χ0) is 15.8. The van der Waals surface area contributed by atoms with E-state index in [0.717, 1.165) is 0 Å². The number of carbonyl (C=O) groups is 2. The maximum Gasteiger partial charge on any atom is 0.322 e. The smallest absolute Gasteiger partial charge is 0.322 e. The maximum atomic E-state index is 11.8. The van der Waals surface area contributed by atoms with Gasteiger partial charge in [0, 0.05) is 0 Å². The van der Waals surface area contributed by atoms with E-state index in [1.54, 1.807) is 6.07 Å². The van der Waals surface area contributed by atoms with Crippen molar-refractivity contribution >= 4 is 22.0 Å². The molecule has 0 saturated carbocycles. The van der Waals surface area contributed by atoms with Crippen LogP contribution in [0.3, 0.4) is 0 Å². The lowest BCUT2D eigenvalue weighted by Gasteiger charge is -2.12. The normalized spacial score (nSPS) is 11.9. The zero-order valence-corrected chi connectivity index (χ0v) is 11.9. The van der Waals surface area contributed by atoms with Gasteiger partial charge in [-0.2, -0.15) is 4.72 Å². The summed E-state index contributed by atoms with van der Waals surface area (Å²) in [5.41, 5.74) is 0. The van der Waals surface area contributed by atoms with Crippen LogP contribution < -0.4 is 4.72 Å². The van der Waals surface area contributed by atoms with Crippen LogP contribution in [0.1, 0.15) is 20.3 Å². The lowest BCUT2D eigenvalue weighted by Crippen LogP contribution is -2.42. The molecule has 8 heteroatoms. The van der Waals surface area contributed by atoms with Crippen molar-refractivity contribution in [3.8, 4) is 0 Å². The van der Waals surface area contributed by atoms with Gasteiger partial charge >= 0.3 is 11.9 Å². The molecule has 0 aromatic heterocycles. The van der Waals surface area contributed by atoms with Gasteiger partial charge in [0.25, 0.3) is 0 Å². The van der Waals surface area contributed by atoms with Gasteiger partial charge in [-0.05, 0) is 12.1 Å². The third kappa shape index (κ3) is 5.81. The van der Waals surface area contributed by atoms with Gasteiger partial charge in [0.15, 0.2) is 0 Å². The summed E-state index contributed by atoms with van der Waals surface area (Å²) in [5, 5.41) is 17.2. The highest BCUT2D eigenvalue weighted by Gasteiger charge is 2.27. The third-order valence-corrected chi connectivity index (χ3v) is 3.52. The summed E-state index contributed by atoms with van der Waals surface area (Å²) >= 11 is 0. The summed E-state index contributed by atoms with van der Waals surface area (Å²) in [6, 6.07) is 5.41. The van der Waals surface area contributed by atoms with Gasteiger partial charge in [-0.3, -0.25) is 9.59 Å². The first-order valence-corrected chi connectivity index (χ1v) is 7.33. The Labute approximate surface area is 117 Å². The molecule has 3 N–H and O–H groups in total. The largest absolute Gasteiger partial charge is 0.481 e. The van der Waals surface area contributed by atoms with E-state index >= 15 is 0 Å². The van der Waals surface area contributed by atoms with Crippen LogP contribution in [0.15, 0.2) is 35.2 Å². The first-order valence-electron chi connectivity index (χ1n) is 5.85. The van der Waals surface area contributed by atoms with Gasteiger partial charge in [-0.25, -0.2) is 8.42 Å². The molecule has 1 aromatic carbocycles. The second-order valence-electron chi connectivity index (χ2n) is 3.42. The summed E-state index contributed by atoms with van der Waals surface area (Å²) in [4.78, 5) is 21.1. The first-order chi connectivity index (χ1) is 9.33. The second-order valence-corrected chi connectivity index (χ2v) is 5.14. The average Bonchev–Trinajstić information content (AvgIpc) is 2.40. The first kappa shape index (κ1) is 18.1. The van der Waals surface area contributed by atoms with Crippen LogP contribution in [0.25, 0.3) is 0 Å². The lowest BCUT2D eigenvalue weighted by atomic mass is 10.2. The number of rotatable bonds is 6. The van der Waals surface area contributed by atoms with Crippen molar-refractivity contribution in [3.63, 3.8) is 0 Å². The molecule has 0 heterocycles. The van der Waals surface area contributed by atoms with Crippen molar-refractivity contribution in [1.29, 1.82) is 0 Å². The highest BCUT2D eigenvalue weighted by Crippen LogP contribution is 2.09. The summed E-state index contributed by atoms with van der Waals surface area (Å²) in [5.74, 6) is -2.95. The molecule has 0 bridgehead atoms. The number of aliphatic carboxylic acids is 2. The van der Waals surface area contributed by atoms with Gasteiger partial charge in [0.1, 0.15) is 6.04 Å². The van der Waals surface area contributed by atoms with Crippen molar-refractivity contribution in [1.82, 2.24) is 4.72 Å². The predicted octanol–water partition coefficient (Wildman–Crippen LogP) is 0.919. The van der Waals surface area contributed by atoms with Crippen molar-refractivity contribution in [3.05, 3.63) is 30.3 Å². The minimum atomic E-state index is -4.04. The van der Waals surface area contributed by atoms with Crippen LogP contribution in [-0.4, -0.2) is 36.6 Å². The molecule has 1 aromatic rings. The van der Waals surface area contributed by atoms with Gasteiger partial charge in [0.2, 0.25) is 10.0 Å². The fraction of sp³-hybridized carbons (Fsp3) is 0.333. The van der Waals surface area contributed by atoms with E-state index in [1.807, 2.05) is 18.6 Å². The Kier molecular flexibility index (Phi) is 7.48. The maximum absolute atomic E-state index is 11.8. The molecule has 0 radical (unpaired) electrons. The van der Waals surface area contributed by atoms with Gasteiger partial charge in [-0.1, -0.05) is 32.0 Å². The molecule has 0 aliphatic rings. The Balaban J connectivity index is 0.00000172. The van der Waals surface area contributed by atoms with Crippen LogP contribution in [0.5, 0.6) is 0 Å². The topological polar surface area (TPSA) is 121 Å². The molecule has 0 aliphatic heterocycles. The third-order valence-electron chi connectivity index (χ3n) is 2.03. The Morgan fingerprint density at radius 3 is 2.05 bits per heavy atom. The van der Waals surface area contributed by atoms with Gasteiger partial charge in [-0.15, -0.1) is 0 Å². The van der Waals surface area contributed by atoms with Crippen molar-refractivity contribution in [2.75, 3.05) is 0 Å². The van der Waals surface area contributed by atoms with Crippen LogP contribution in [0, 0.1) is 0 Å². The molecule has 0 spiro atoms. The molecule has 7 nitrogen and oxygen atoms in total. The summed E-state index contributed by atoms with van der Waals surface area (Å²) in [6.07, 6.45) is -0.832. The molecular weight excluding hydrogens is 286 g/mol. The number of hydrogen-bond acceptors (Lipinski definition) is 4. The van der Waals surface area contributed by atoms with Crippen molar-refractivity contribution < 1.29 is 28.2 Å². The fourth-order valence-electron chi connectivity index (χ4n) is 1.21. The molecule has 1 rings (SSSR count). The quantitative estimate of drug-likeness (QED) is 0.718. The fourth-order valence-corrected chi connectivity index (χ4v) is 2.42. The zero-order valence-electron chi connectivity index (χ0n) is 11.1. The number of benzene rings is 1. The SMILES string of the molecule is CC.O=C(O)CC(NS(=O)(=O)c1ccccc1)C(=O)O. The summed E-state index contributed by atoms with van der Waals surface area (Å²) in [6.45, 7) is 4.00. The van der Waals surface area contributed by atoms with Crippen molar-refractivity contribution in [2.24, 2.45) is 0 Å². The summed E-state index contributed by atoms with van der Waals surface area (Å²) < 4.78 is 25.4. The number of sulfonamides is 1. The van der Waals surface area contributed by atoms with E-state index in [2.05, 4.69) is 0 Å². The van der Waals surface area contributed by atoms with Gasteiger partial charge < -0.3 is 10.2 Å². The predicted molar refractivity (Wildman–Crippen MR) is 71.8 cm³/mol. The van der Waals surface area contributed by atoms with Gasteiger partial charge in [0.05, 0.1) is 11.3 Å². The van der Waals surface area contributed by atoms with E-state index in [0.29, 0.717) is 0 Å². The molecule has 0 fully saturated rings. The molecule has 0 amide bonds.